The highest BCUT2D eigenvalue weighted by molar-refractivity contribution is 5.87. The van der Waals surface area contributed by atoms with Crippen LogP contribution in [0.4, 0.5) is 4.39 Å². The Morgan fingerprint density at radius 1 is 1.17 bits per heavy atom. The van der Waals surface area contributed by atoms with Crippen molar-refractivity contribution in [1.82, 2.24) is 0 Å². The van der Waals surface area contributed by atoms with E-state index in [1.54, 1.807) is 18.2 Å². The number of carbonyl (C=O) groups is 1. The van der Waals surface area contributed by atoms with Gasteiger partial charge in [-0.3, -0.25) is 0 Å². The molecule has 2 aromatic carbocycles. The molecule has 0 aliphatic heterocycles. The van der Waals surface area contributed by atoms with Crippen molar-refractivity contribution >= 4 is 5.97 Å². The summed E-state index contributed by atoms with van der Waals surface area (Å²) in [5.41, 5.74) is 0.967. The maximum Gasteiger partial charge on any atom is 0.335 e. The van der Waals surface area contributed by atoms with Crippen LogP contribution in [-0.4, -0.2) is 11.1 Å². The van der Waals surface area contributed by atoms with Crippen LogP contribution >= 0.6 is 0 Å². The molecule has 0 amide bonds. The molecular formula is C14H11FO3. The van der Waals surface area contributed by atoms with Gasteiger partial charge in [-0.2, -0.15) is 0 Å². The van der Waals surface area contributed by atoms with Crippen LogP contribution in [0.1, 0.15) is 15.9 Å². The number of hydrogen-bond acceptors (Lipinski definition) is 2. The van der Waals surface area contributed by atoms with Gasteiger partial charge >= 0.3 is 5.97 Å². The minimum Gasteiger partial charge on any atom is -0.489 e. The van der Waals surface area contributed by atoms with Crippen molar-refractivity contribution in [2.24, 2.45) is 0 Å². The number of benzene rings is 2. The predicted molar refractivity (Wildman–Crippen MR) is 64.1 cm³/mol. The first-order valence-electron chi connectivity index (χ1n) is 5.36. The number of carboxylic acid groups (broad SMARTS) is 1. The smallest absolute Gasteiger partial charge is 0.335 e. The number of carboxylic acids is 1. The summed E-state index contributed by atoms with van der Waals surface area (Å²) in [5.74, 6) is -0.758. The normalized spacial score (nSPS) is 10.1. The minimum atomic E-state index is -0.973. The number of rotatable bonds is 4. The van der Waals surface area contributed by atoms with Gasteiger partial charge in [-0.05, 0) is 42.0 Å². The van der Waals surface area contributed by atoms with Crippen molar-refractivity contribution in [2.45, 2.75) is 6.61 Å². The summed E-state index contributed by atoms with van der Waals surface area (Å²) >= 11 is 0. The van der Waals surface area contributed by atoms with Crippen LogP contribution in [0.3, 0.4) is 0 Å². The molecule has 0 spiro atoms. The fourth-order valence-corrected chi connectivity index (χ4v) is 1.49. The van der Waals surface area contributed by atoms with E-state index in [0.29, 0.717) is 5.75 Å². The molecule has 18 heavy (non-hydrogen) atoms. The molecule has 2 aromatic rings. The highest BCUT2D eigenvalue weighted by Gasteiger charge is 2.03. The zero-order chi connectivity index (χ0) is 13.0. The highest BCUT2D eigenvalue weighted by atomic mass is 19.1. The summed E-state index contributed by atoms with van der Waals surface area (Å²) in [6.45, 7) is 0.243. The van der Waals surface area contributed by atoms with Gasteiger partial charge < -0.3 is 9.84 Å². The lowest BCUT2D eigenvalue weighted by Crippen LogP contribution is -2.00. The standard InChI is InChI=1S/C14H11FO3/c15-12-4-6-13(7-5-12)18-9-10-2-1-3-11(8-10)14(16)17/h1-8H,9H2,(H,16,17). The number of aromatic carboxylic acids is 1. The molecule has 4 heteroatoms. The average molecular weight is 246 g/mol. The monoisotopic (exact) mass is 246 g/mol. The van der Waals surface area contributed by atoms with E-state index in [0.717, 1.165) is 5.56 Å². The maximum absolute atomic E-state index is 12.7. The SMILES string of the molecule is O=C(O)c1cccc(COc2ccc(F)cc2)c1. The van der Waals surface area contributed by atoms with Gasteiger partial charge in [-0.25, -0.2) is 9.18 Å². The lowest BCUT2D eigenvalue weighted by molar-refractivity contribution is 0.0696. The van der Waals surface area contributed by atoms with Gasteiger partial charge in [0.2, 0.25) is 0 Å². The first-order chi connectivity index (χ1) is 8.65. The second kappa shape index (κ2) is 5.31. The fraction of sp³-hybridized carbons (Fsp3) is 0.0714. The van der Waals surface area contributed by atoms with Gasteiger partial charge in [-0.1, -0.05) is 12.1 Å². The molecule has 0 radical (unpaired) electrons. The van der Waals surface area contributed by atoms with E-state index in [9.17, 15) is 9.18 Å². The van der Waals surface area contributed by atoms with E-state index in [-0.39, 0.29) is 18.0 Å². The number of hydrogen-bond donors (Lipinski definition) is 1. The third kappa shape index (κ3) is 3.07. The zero-order valence-corrected chi connectivity index (χ0v) is 9.47. The van der Waals surface area contributed by atoms with Crippen LogP contribution in [0.15, 0.2) is 48.5 Å². The molecule has 0 aliphatic rings. The largest absolute Gasteiger partial charge is 0.489 e. The molecule has 0 heterocycles. The third-order valence-electron chi connectivity index (χ3n) is 2.39. The Bertz CT molecular complexity index is 549. The summed E-state index contributed by atoms with van der Waals surface area (Å²) in [5, 5.41) is 8.84. The zero-order valence-electron chi connectivity index (χ0n) is 9.47. The Kier molecular flexibility index (Phi) is 3.57. The lowest BCUT2D eigenvalue weighted by Gasteiger charge is -2.06. The third-order valence-corrected chi connectivity index (χ3v) is 2.39. The average Bonchev–Trinajstić information content (AvgIpc) is 2.38. The summed E-state index contributed by atoms with van der Waals surface area (Å²) in [6.07, 6.45) is 0. The molecule has 1 N–H and O–H groups in total. The van der Waals surface area contributed by atoms with Crippen molar-refractivity contribution in [3.63, 3.8) is 0 Å². The Morgan fingerprint density at radius 3 is 2.56 bits per heavy atom. The Labute approximate surface area is 103 Å². The topological polar surface area (TPSA) is 46.5 Å². The Balaban J connectivity index is 2.04. The van der Waals surface area contributed by atoms with E-state index in [4.69, 9.17) is 9.84 Å². The van der Waals surface area contributed by atoms with Gasteiger partial charge in [0.05, 0.1) is 5.56 Å². The summed E-state index contributed by atoms with van der Waals surface area (Å²) < 4.78 is 18.1. The molecule has 0 saturated heterocycles. The Morgan fingerprint density at radius 2 is 1.89 bits per heavy atom. The van der Waals surface area contributed by atoms with Gasteiger partial charge in [0.15, 0.2) is 0 Å². The second-order valence-electron chi connectivity index (χ2n) is 3.75. The van der Waals surface area contributed by atoms with Gasteiger partial charge in [-0.15, -0.1) is 0 Å². The quantitative estimate of drug-likeness (QED) is 0.901. The van der Waals surface area contributed by atoms with Crippen molar-refractivity contribution in [1.29, 1.82) is 0 Å². The Hall–Kier alpha value is -2.36. The molecule has 2 rings (SSSR count). The van der Waals surface area contributed by atoms with Crippen LogP contribution < -0.4 is 4.74 Å². The molecule has 0 aromatic heterocycles. The van der Waals surface area contributed by atoms with E-state index >= 15 is 0 Å². The molecule has 0 fully saturated rings. The second-order valence-corrected chi connectivity index (χ2v) is 3.75. The van der Waals surface area contributed by atoms with E-state index < -0.39 is 5.97 Å². The summed E-state index contributed by atoms with van der Waals surface area (Å²) in [7, 11) is 0. The molecule has 0 atom stereocenters. The van der Waals surface area contributed by atoms with E-state index in [1.165, 1.54) is 30.3 Å². The molecule has 92 valence electrons. The van der Waals surface area contributed by atoms with Crippen LogP contribution in [0.5, 0.6) is 5.75 Å². The van der Waals surface area contributed by atoms with Crippen LogP contribution in [0.25, 0.3) is 0 Å². The van der Waals surface area contributed by atoms with Gasteiger partial charge in [0.25, 0.3) is 0 Å². The molecule has 0 unspecified atom stereocenters. The van der Waals surface area contributed by atoms with Gasteiger partial charge in [0, 0.05) is 0 Å². The van der Waals surface area contributed by atoms with E-state index in [2.05, 4.69) is 0 Å². The van der Waals surface area contributed by atoms with Crippen molar-refractivity contribution in [2.75, 3.05) is 0 Å². The predicted octanol–water partition coefficient (Wildman–Crippen LogP) is 3.10. The lowest BCUT2D eigenvalue weighted by atomic mass is 10.1. The first kappa shape index (κ1) is 12.1. The van der Waals surface area contributed by atoms with Crippen molar-refractivity contribution in [3.8, 4) is 5.75 Å². The van der Waals surface area contributed by atoms with E-state index in [1.807, 2.05) is 0 Å². The molecule has 0 aliphatic carbocycles. The van der Waals surface area contributed by atoms with Crippen LogP contribution in [-0.2, 0) is 6.61 Å². The number of ether oxygens (including phenoxy) is 1. The summed E-state index contributed by atoms with van der Waals surface area (Å²) in [6, 6.07) is 12.2. The van der Waals surface area contributed by atoms with Crippen molar-refractivity contribution in [3.05, 3.63) is 65.5 Å². The molecule has 0 bridgehead atoms. The molecule has 0 saturated carbocycles. The van der Waals surface area contributed by atoms with Gasteiger partial charge in [0.1, 0.15) is 18.2 Å². The fourth-order valence-electron chi connectivity index (χ4n) is 1.49. The summed E-state index contributed by atoms with van der Waals surface area (Å²) in [4.78, 5) is 10.8. The minimum absolute atomic E-state index is 0.218. The maximum atomic E-state index is 12.7. The highest BCUT2D eigenvalue weighted by Crippen LogP contribution is 2.14. The molecule has 3 nitrogen and oxygen atoms in total. The van der Waals surface area contributed by atoms with Crippen LogP contribution in [0, 0.1) is 5.82 Å². The van der Waals surface area contributed by atoms with Crippen LogP contribution in [0.2, 0.25) is 0 Å². The number of halogens is 1. The first-order valence-corrected chi connectivity index (χ1v) is 5.36. The van der Waals surface area contributed by atoms with Crippen molar-refractivity contribution < 1.29 is 19.0 Å². The molecular weight excluding hydrogens is 235 g/mol.